The molecule has 98 valence electrons. The van der Waals surface area contributed by atoms with Crippen molar-refractivity contribution < 1.29 is 14.6 Å². The van der Waals surface area contributed by atoms with Crippen molar-refractivity contribution in [2.45, 2.75) is 50.7 Å². The Labute approximate surface area is 103 Å². The number of carbonyl (C=O) groups excluding carboxylic acids is 1. The number of likely N-dealkylation sites (tertiary alicyclic amines) is 1. The summed E-state index contributed by atoms with van der Waals surface area (Å²) in [4.78, 5) is 13.6. The Bertz CT molecular complexity index is 269. The third-order valence-corrected chi connectivity index (χ3v) is 4.25. The Kier molecular flexibility index (Phi) is 4.40. The molecule has 2 rings (SSSR count). The number of aliphatic hydroxyl groups excluding tert-OH is 1. The van der Waals surface area contributed by atoms with Gasteiger partial charge in [-0.05, 0) is 32.2 Å². The van der Waals surface area contributed by atoms with Crippen LogP contribution in [0, 0.1) is 5.92 Å². The standard InChI is InChI=1S/C13H23NO3/c1-17-13(16)9-14-8-4-6-11(14)10-5-2-3-7-12(10)15/h10-12,15H,2-9H2,1H3. The van der Waals surface area contributed by atoms with Crippen molar-refractivity contribution >= 4 is 5.97 Å². The van der Waals surface area contributed by atoms with E-state index in [1.807, 2.05) is 0 Å². The molecule has 1 N–H and O–H groups in total. The zero-order chi connectivity index (χ0) is 12.3. The van der Waals surface area contributed by atoms with Gasteiger partial charge in [0.05, 0.1) is 19.8 Å². The summed E-state index contributed by atoms with van der Waals surface area (Å²) in [5.74, 6) is 0.193. The van der Waals surface area contributed by atoms with E-state index in [4.69, 9.17) is 4.74 Å². The summed E-state index contributed by atoms with van der Waals surface area (Å²) in [7, 11) is 1.43. The van der Waals surface area contributed by atoms with E-state index in [1.165, 1.54) is 13.5 Å². The van der Waals surface area contributed by atoms with Gasteiger partial charge in [-0.3, -0.25) is 9.69 Å². The maximum absolute atomic E-state index is 11.4. The summed E-state index contributed by atoms with van der Waals surface area (Å²) < 4.78 is 4.73. The molecule has 17 heavy (non-hydrogen) atoms. The first-order valence-electron chi connectivity index (χ1n) is 6.71. The average molecular weight is 241 g/mol. The summed E-state index contributed by atoms with van der Waals surface area (Å²) >= 11 is 0. The van der Waals surface area contributed by atoms with Crippen molar-refractivity contribution in [3.8, 4) is 0 Å². The SMILES string of the molecule is COC(=O)CN1CCCC1C1CCCCC1O. The van der Waals surface area contributed by atoms with E-state index in [9.17, 15) is 9.90 Å². The molecule has 3 atom stereocenters. The molecule has 0 aromatic rings. The fraction of sp³-hybridized carbons (Fsp3) is 0.923. The Morgan fingerprint density at radius 1 is 1.29 bits per heavy atom. The molecule has 3 unspecified atom stereocenters. The first kappa shape index (κ1) is 12.8. The van der Waals surface area contributed by atoms with Crippen LogP contribution < -0.4 is 0 Å². The molecule has 1 heterocycles. The van der Waals surface area contributed by atoms with Crippen LogP contribution in [0.1, 0.15) is 38.5 Å². The number of esters is 1. The molecule has 0 aromatic heterocycles. The lowest BCUT2D eigenvalue weighted by atomic mass is 9.80. The fourth-order valence-corrected chi connectivity index (χ4v) is 3.35. The number of aliphatic hydroxyl groups is 1. The Hall–Kier alpha value is -0.610. The van der Waals surface area contributed by atoms with Crippen LogP contribution in [0.5, 0.6) is 0 Å². The molecule has 1 saturated heterocycles. The van der Waals surface area contributed by atoms with Crippen molar-refractivity contribution in [1.29, 1.82) is 0 Å². The smallest absolute Gasteiger partial charge is 0.319 e. The second-order valence-electron chi connectivity index (χ2n) is 5.27. The van der Waals surface area contributed by atoms with Gasteiger partial charge in [0.15, 0.2) is 0 Å². The van der Waals surface area contributed by atoms with Crippen LogP contribution in [0.25, 0.3) is 0 Å². The molecule has 0 spiro atoms. The summed E-state index contributed by atoms with van der Waals surface area (Å²) in [5, 5.41) is 10.1. The summed E-state index contributed by atoms with van der Waals surface area (Å²) in [6.45, 7) is 1.34. The molecular weight excluding hydrogens is 218 g/mol. The van der Waals surface area contributed by atoms with Crippen molar-refractivity contribution in [3.63, 3.8) is 0 Å². The molecule has 1 aliphatic carbocycles. The minimum atomic E-state index is -0.174. The van der Waals surface area contributed by atoms with Gasteiger partial charge in [-0.1, -0.05) is 12.8 Å². The molecule has 2 fully saturated rings. The second-order valence-corrected chi connectivity index (χ2v) is 5.27. The molecule has 0 aromatic carbocycles. The van der Waals surface area contributed by atoms with Crippen molar-refractivity contribution in [2.75, 3.05) is 20.2 Å². The van der Waals surface area contributed by atoms with Crippen LogP contribution >= 0.6 is 0 Å². The maximum Gasteiger partial charge on any atom is 0.319 e. The highest BCUT2D eigenvalue weighted by molar-refractivity contribution is 5.71. The molecule has 0 bridgehead atoms. The van der Waals surface area contributed by atoms with Crippen LogP contribution in [-0.2, 0) is 9.53 Å². The van der Waals surface area contributed by atoms with Crippen LogP contribution in [0.4, 0.5) is 0 Å². The second kappa shape index (κ2) is 5.83. The fourth-order valence-electron chi connectivity index (χ4n) is 3.35. The lowest BCUT2D eigenvalue weighted by Crippen LogP contribution is -2.44. The van der Waals surface area contributed by atoms with Gasteiger partial charge < -0.3 is 9.84 Å². The topological polar surface area (TPSA) is 49.8 Å². The molecule has 0 radical (unpaired) electrons. The number of methoxy groups -OCH3 is 1. The molecule has 4 nitrogen and oxygen atoms in total. The Morgan fingerprint density at radius 2 is 2.06 bits per heavy atom. The van der Waals surface area contributed by atoms with E-state index < -0.39 is 0 Å². The molecule has 4 heteroatoms. The predicted molar refractivity (Wildman–Crippen MR) is 64.6 cm³/mol. The monoisotopic (exact) mass is 241 g/mol. The maximum atomic E-state index is 11.4. The number of nitrogens with zero attached hydrogens (tertiary/aromatic N) is 1. The van der Waals surface area contributed by atoms with E-state index >= 15 is 0 Å². The zero-order valence-electron chi connectivity index (χ0n) is 10.6. The number of hydrogen-bond donors (Lipinski definition) is 1. The quantitative estimate of drug-likeness (QED) is 0.754. The van der Waals surface area contributed by atoms with Gasteiger partial charge in [0, 0.05) is 12.0 Å². The van der Waals surface area contributed by atoms with E-state index in [0.717, 1.165) is 38.6 Å². The van der Waals surface area contributed by atoms with Crippen LogP contribution in [0.15, 0.2) is 0 Å². The third kappa shape index (κ3) is 2.99. The largest absolute Gasteiger partial charge is 0.468 e. The van der Waals surface area contributed by atoms with E-state index in [-0.39, 0.29) is 12.1 Å². The first-order valence-corrected chi connectivity index (χ1v) is 6.71. The van der Waals surface area contributed by atoms with Crippen molar-refractivity contribution in [2.24, 2.45) is 5.92 Å². The minimum Gasteiger partial charge on any atom is -0.468 e. The number of carbonyl (C=O) groups is 1. The van der Waals surface area contributed by atoms with E-state index in [1.54, 1.807) is 0 Å². The summed E-state index contributed by atoms with van der Waals surface area (Å²) in [5.41, 5.74) is 0. The van der Waals surface area contributed by atoms with E-state index in [2.05, 4.69) is 4.90 Å². The molecule has 2 aliphatic rings. The number of ether oxygens (including phenoxy) is 1. The van der Waals surface area contributed by atoms with Gasteiger partial charge in [0.2, 0.25) is 0 Å². The van der Waals surface area contributed by atoms with Crippen LogP contribution in [0.3, 0.4) is 0 Å². The number of hydrogen-bond acceptors (Lipinski definition) is 4. The Balaban J connectivity index is 1.95. The van der Waals surface area contributed by atoms with Gasteiger partial charge >= 0.3 is 5.97 Å². The molecule has 1 aliphatic heterocycles. The minimum absolute atomic E-state index is 0.165. The van der Waals surface area contributed by atoms with Crippen LogP contribution in [-0.4, -0.2) is 48.3 Å². The highest BCUT2D eigenvalue weighted by Gasteiger charge is 2.37. The van der Waals surface area contributed by atoms with E-state index in [0.29, 0.717) is 18.5 Å². The van der Waals surface area contributed by atoms with Crippen molar-refractivity contribution in [1.82, 2.24) is 4.90 Å². The van der Waals surface area contributed by atoms with Gasteiger partial charge in [-0.15, -0.1) is 0 Å². The normalized spacial score (nSPS) is 34.8. The first-order chi connectivity index (χ1) is 8.22. The predicted octanol–water partition coefficient (Wildman–Crippen LogP) is 1.17. The average Bonchev–Trinajstić information content (AvgIpc) is 2.77. The molecule has 1 saturated carbocycles. The highest BCUT2D eigenvalue weighted by Crippen LogP contribution is 2.34. The van der Waals surface area contributed by atoms with Gasteiger partial charge in [0.25, 0.3) is 0 Å². The zero-order valence-corrected chi connectivity index (χ0v) is 10.6. The van der Waals surface area contributed by atoms with Crippen molar-refractivity contribution in [3.05, 3.63) is 0 Å². The van der Waals surface area contributed by atoms with Gasteiger partial charge in [0.1, 0.15) is 0 Å². The summed E-state index contributed by atoms with van der Waals surface area (Å²) in [6.07, 6.45) is 6.44. The summed E-state index contributed by atoms with van der Waals surface area (Å²) in [6, 6.07) is 0.379. The lowest BCUT2D eigenvalue weighted by Gasteiger charge is -2.36. The molecule has 0 amide bonds. The number of rotatable bonds is 3. The van der Waals surface area contributed by atoms with Crippen LogP contribution in [0.2, 0.25) is 0 Å². The van der Waals surface area contributed by atoms with Gasteiger partial charge in [-0.25, -0.2) is 0 Å². The molecular formula is C13H23NO3. The lowest BCUT2D eigenvalue weighted by molar-refractivity contribution is -0.142. The third-order valence-electron chi connectivity index (χ3n) is 4.25. The highest BCUT2D eigenvalue weighted by atomic mass is 16.5. The van der Waals surface area contributed by atoms with Gasteiger partial charge in [-0.2, -0.15) is 0 Å². The Morgan fingerprint density at radius 3 is 2.76 bits per heavy atom.